The summed E-state index contributed by atoms with van der Waals surface area (Å²) in [5.74, 6) is 0.751. The van der Waals surface area contributed by atoms with E-state index in [0.29, 0.717) is 12.1 Å². The Kier molecular flexibility index (Phi) is 3.54. The summed E-state index contributed by atoms with van der Waals surface area (Å²) < 4.78 is 0. The molecule has 2 rings (SSSR count). The minimum atomic E-state index is 0.592. The first-order valence-electron chi connectivity index (χ1n) is 5.78. The summed E-state index contributed by atoms with van der Waals surface area (Å²) in [7, 11) is 0. The smallest absolute Gasteiger partial charge is 0.268 e. The SMILES string of the molecule is Cc1cc(C)c(C#N)c(NCc2ccccn2)[nH+]1. The lowest BCUT2D eigenvalue weighted by Crippen LogP contribution is -2.19. The highest BCUT2D eigenvalue weighted by atomic mass is 15.0. The summed E-state index contributed by atoms with van der Waals surface area (Å²) in [6.45, 7) is 4.50. The van der Waals surface area contributed by atoms with Crippen molar-refractivity contribution in [1.29, 1.82) is 5.26 Å². The average molecular weight is 239 g/mol. The van der Waals surface area contributed by atoms with E-state index in [4.69, 9.17) is 5.26 Å². The van der Waals surface area contributed by atoms with E-state index in [9.17, 15) is 0 Å². The van der Waals surface area contributed by atoms with Crippen molar-refractivity contribution in [1.82, 2.24) is 4.98 Å². The number of aryl methyl sites for hydroxylation is 2. The molecule has 0 unspecified atom stereocenters. The average Bonchev–Trinajstić information content (AvgIpc) is 2.37. The fraction of sp³-hybridized carbons (Fsp3) is 0.214. The number of rotatable bonds is 3. The van der Waals surface area contributed by atoms with Crippen LogP contribution in [0.5, 0.6) is 0 Å². The molecule has 0 spiro atoms. The van der Waals surface area contributed by atoms with Crippen LogP contribution in [0.4, 0.5) is 5.82 Å². The van der Waals surface area contributed by atoms with Crippen molar-refractivity contribution in [2.75, 3.05) is 5.32 Å². The predicted molar refractivity (Wildman–Crippen MR) is 68.8 cm³/mol. The number of nitrogens with zero attached hydrogens (tertiary/aromatic N) is 2. The van der Waals surface area contributed by atoms with Crippen LogP contribution >= 0.6 is 0 Å². The van der Waals surface area contributed by atoms with Crippen LogP contribution in [0.1, 0.15) is 22.5 Å². The highest BCUT2D eigenvalue weighted by Crippen LogP contribution is 2.14. The van der Waals surface area contributed by atoms with Gasteiger partial charge < -0.3 is 0 Å². The molecule has 0 atom stereocenters. The minimum Gasteiger partial charge on any atom is -0.268 e. The highest BCUT2D eigenvalue weighted by Gasteiger charge is 2.13. The molecule has 2 aromatic rings. The molecule has 0 saturated heterocycles. The lowest BCUT2D eigenvalue weighted by molar-refractivity contribution is -0.371. The Bertz CT molecular complexity index is 585. The van der Waals surface area contributed by atoms with Crippen LogP contribution in [0.25, 0.3) is 0 Å². The summed E-state index contributed by atoms with van der Waals surface area (Å²) in [6, 6.07) is 9.95. The second-order valence-corrected chi connectivity index (χ2v) is 4.17. The van der Waals surface area contributed by atoms with Gasteiger partial charge in [0.2, 0.25) is 0 Å². The van der Waals surface area contributed by atoms with E-state index in [-0.39, 0.29) is 0 Å². The predicted octanol–water partition coefficient (Wildman–Crippen LogP) is 2.00. The number of aromatic nitrogens is 2. The van der Waals surface area contributed by atoms with E-state index in [2.05, 4.69) is 21.4 Å². The number of anilines is 1. The van der Waals surface area contributed by atoms with Crippen molar-refractivity contribution in [3.8, 4) is 6.07 Å². The molecule has 0 fully saturated rings. The number of nitriles is 1. The largest absolute Gasteiger partial charge is 0.291 e. The van der Waals surface area contributed by atoms with Crippen LogP contribution in [-0.2, 0) is 6.54 Å². The van der Waals surface area contributed by atoms with Gasteiger partial charge in [0.1, 0.15) is 18.2 Å². The number of aromatic amines is 1. The van der Waals surface area contributed by atoms with Crippen LogP contribution in [0, 0.1) is 25.2 Å². The van der Waals surface area contributed by atoms with Crippen molar-refractivity contribution in [2.24, 2.45) is 0 Å². The second-order valence-electron chi connectivity index (χ2n) is 4.17. The lowest BCUT2D eigenvalue weighted by atomic mass is 10.1. The molecule has 2 heterocycles. The molecule has 2 aromatic heterocycles. The van der Waals surface area contributed by atoms with Crippen molar-refractivity contribution < 1.29 is 4.98 Å². The molecular weight excluding hydrogens is 224 g/mol. The molecule has 2 N–H and O–H groups in total. The summed E-state index contributed by atoms with van der Waals surface area (Å²) in [5, 5.41) is 12.4. The number of nitrogens with one attached hydrogen (secondary N) is 2. The van der Waals surface area contributed by atoms with E-state index >= 15 is 0 Å². The van der Waals surface area contributed by atoms with Gasteiger partial charge in [0.15, 0.2) is 0 Å². The molecule has 4 heteroatoms. The molecule has 18 heavy (non-hydrogen) atoms. The van der Waals surface area contributed by atoms with Crippen molar-refractivity contribution in [3.05, 3.63) is 53.0 Å². The maximum Gasteiger partial charge on any atom is 0.291 e. The van der Waals surface area contributed by atoms with Crippen LogP contribution in [0.3, 0.4) is 0 Å². The van der Waals surface area contributed by atoms with E-state index in [0.717, 1.165) is 22.8 Å². The standard InChI is InChI=1S/C14H14N4/c1-10-7-11(2)18-14(13(10)8-15)17-9-12-5-3-4-6-16-12/h3-7H,9H2,1-2H3,(H,17,18)/p+1. The summed E-state index contributed by atoms with van der Waals surface area (Å²) in [6.07, 6.45) is 1.76. The van der Waals surface area contributed by atoms with Gasteiger partial charge in [-0.2, -0.15) is 5.26 Å². The summed E-state index contributed by atoms with van der Waals surface area (Å²) >= 11 is 0. The third-order valence-corrected chi connectivity index (χ3v) is 2.68. The van der Waals surface area contributed by atoms with E-state index in [1.165, 1.54) is 0 Å². The van der Waals surface area contributed by atoms with Gasteiger partial charge in [0.25, 0.3) is 5.82 Å². The molecular formula is C14H15N4+. The molecule has 0 aliphatic heterocycles. The Hall–Kier alpha value is -2.41. The molecule has 0 radical (unpaired) electrons. The zero-order valence-corrected chi connectivity index (χ0v) is 10.5. The zero-order chi connectivity index (χ0) is 13.0. The number of hydrogen-bond donors (Lipinski definition) is 1. The Morgan fingerprint density at radius 2 is 2.22 bits per heavy atom. The topological polar surface area (TPSA) is 62.9 Å². The van der Waals surface area contributed by atoms with Crippen molar-refractivity contribution in [2.45, 2.75) is 20.4 Å². The maximum absolute atomic E-state index is 9.16. The first-order chi connectivity index (χ1) is 8.70. The first kappa shape index (κ1) is 12.1. The third kappa shape index (κ3) is 2.64. The Morgan fingerprint density at radius 1 is 1.39 bits per heavy atom. The van der Waals surface area contributed by atoms with Gasteiger partial charge in [0.05, 0.1) is 11.4 Å². The Labute approximate surface area is 106 Å². The molecule has 0 aliphatic rings. The maximum atomic E-state index is 9.16. The quantitative estimate of drug-likeness (QED) is 0.891. The highest BCUT2D eigenvalue weighted by molar-refractivity contribution is 5.52. The molecule has 90 valence electrons. The molecule has 0 bridgehead atoms. The fourth-order valence-corrected chi connectivity index (χ4v) is 1.85. The Balaban J connectivity index is 2.22. The zero-order valence-electron chi connectivity index (χ0n) is 10.5. The second kappa shape index (κ2) is 5.28. The van der Waals surface area contributed by atoms with Gasteiger partial charge >= 0.3 is 0 Å². The van der Waals surface area contributed by atoms with Crippen molar-refractivity contribution >= 4 is 5.82 Å². The molecule has 0 amide bonds. The third-order valence-electron chi connectivity index (χ3n) is 2.68. The van der Waals surface area contributed by atoms with Gasteiger partial charge in [-0.1, -0.05) is 6.07 Å². The molecule has 0 aliphatic carbocycles. The monoisotopic (exact) mass is 239 g/mol. The van der Waals surface area contributed by atoms with Gasteiger partial charge in [-0.05, 0) is 37.6 Å². The van der Waals surface area contributed by atoms with Gasteiger partial charge in [-0.15, -0.1) is 0 Å². The minimum absolute atomic E-state index is 0.592. The van der Waals surface area contributed by atoms with Gasteiger partial charge in [-0.25, -0.2) is 4.98 Å². The summed E-state index contributed by atoms with van der Waals surface area (Å²) in [5.41, 5.74) is 3.58. The van der Waals surface area contributed by atoms with Gasteiger partial charge in [-0.3, -0.25) is 10.3 Å². The normalized spacial score (nSPS) is 9.83. The number of hydrogen-bond acceptors (Lipinski definition) is 3. The lowest BCUT2D eigenvalue weighted by Gasteiger charge is -2.04. The van der Waals surface area contributed by atoms with E-state index in [1.807, 2.05) is 38.1 Å². The Morgan fingerprint density at radius 3 is 2.89 bits per heavy atom. The molecule has 4 nitrogen and oxygen atoms in total. The van der Waals surface area contributed by atoms with Crippen LogP contribution in [-0.4, -0.2) is 4.98 Å². The fourth-order valence-electron chi connectivity index (χ4n) is 1.85. The van der Waals surface area contributed by atoms with Crippen molar-refractivity contribution in [3.63, 3.8) is 0 Å². The summed E-state index contributed by atoms with van der Waals surface area (Å²) in [4.78, 5) is 7.41. The number of H-pyrrole nitrogens is 1. The molecule has 0 aromatic carbocycles. The van der Waals surface area contributed by atoms with E-state index in [1.54, 1.807) is 6.20 Å². The van der Waals surface area contributed by atoms with Crippen LogP contribution in [0.2, 0.25) is 0 Å². The van der Waals surface area contributed by atoms with Crippen LogP contribution < -0.4 is 10.3 Å². The van der Waals surface area contributed by atoms with Crippen LogP contribution in [0.15, 0.2) is 30.5 Å². The van der Waals surface area contributed by atoms with Gasteiger partial charge in [0, 0.05) is 6.20 Å². The van der Waals surface area contributed by atoms with E-state index < -0.39 is 0 Å². The number of pyridine rings is 2. The first-order valence-corrected chi connectivity index (χ1v) is 5.78. The molecule has 0 saturated carbocycles.